The highest BCUT2D eigenvalue weighted by Gasteiger charge is 2.20. The molecule has 0 aliphatic carbocycles. The fourth-order valence-electron chi connectivity index (χ4n) is 2.08. The van der Waals surface area contributed by atoms with Gasteiger partial charge in [0.25, 0.3) is 0 Å². The van der Waals surface area contributed by atoms with E-state index in [0.717, 1.165) is 31.9 Å². The summed E-state index contributed by atoms with van der Waals surface area (Å²) in [5, 5.41) is 3.17. The maximum Gasteiger partial charge on any atom is 0.0580 e. The highest BCUT2D eigenvalue weighted by Crippen LogP contribution is 2.27. The summed E-state index contributed by atoms with van der Waals surface area (Å²) < 4.78 is 5.43. The average molecular weight is 206 g/mol. The number of hydrogen-bond acceptors (Lipinski definition) is 3. The molecule has 0 amide bonds. The highest BCUT2D eigenvalue weighted by molar-refractivity contribution is 5.27. The first kappa shape index (κ1) is 10.6. The first-order valence-corrected chi connectivity index (χ1v) is 5.50. The van der Waals surface area contributed by atoms with E-state index in [1.54, 1.807) is 0 Å². The fourth-order valence-corrected chi connectivity index (χ4v) is 2.08. The second-order valence-electron chi connectivity index (χ2n) is 4.08. The van der Waals surface area contributed by atoms with Gasteiger partial charge in [-0.25, -0.2) is 0 Å². The fraction of sp³-hybridized carbons (Fsp3) is 0.583. The summed E-state index contributed by atoms with van der Waals surface area (Å²) in [5.41, 5.74) is 3.61. The van der Waals surface area contributed by atoms with E-state index in [4.69, 9.17) is 4.74 Å². The Morgan fingerprint density at radius 1 is 1.53 bits per heavy atom. The number of aryl methyl sites for hydroxylation is 1. The van der Waals surface area contributed by atoms with Crippen LogP contribution in [0.25, 0.3) is 0 Å². The second-order valence-corrected chi connectivity index (χ2v) is 4.08. The SMILES string of the molecule is CNCc1nc(C)ccc1C1CCOC1. The molecule has 0 aromatic carbocycles. The van der Waals surface area contributed by atoms with Gasteiger partial charge in [0.2, 0.25) is 0 Å². The van der Waals surface area contributed by atoms with Gasteiger partial charge in [-0.1, -0.05) is 6.07 Å². The molecule has 0 spiro atoms. The third-order valence-electron chi connectivity index (χ3n) is 2.86. The molecule has 2 rings (SSSR count). The van der Waals surface area contributed by atoms with Crippen molar-refractivity contribution >= 4 is 0 Å². The van der Waals surface area contributed by atoms with Crippen LogP contribution in [0.1, 0.15) is 29.3 Å². The van der Waals surface area contributed by atoms with Crippen molar-refractivity contribution in [3.63, 3.8) is 0 Å². The Balaban J connectivity index is 2.27. The van der Waals surface area contributed by atoms with E-state index < -0.39 is 0 Å². The molecular formula is C12H18N2O. The van der Waals surface area contributed by atoms with Gasteiger partial charge in [-0.2, -0.15) is 0 Å². The number of ether oxygens (including phenoxy) is 1. The molecule has 1 unspecified atom stereocenters. The van der Waals surface area contributed by atoms with Crippen LogP contribution in [0.3, 0.4) is 0 Å². The zero-order valence-electron chi connectivity index (χ0n) is 9.42. The van der Waals surface area contributed by atoms with Crippen LogP contribution >= 0.6 is 0 Å². The number of nitrogens with one attached hydrogen (secondary N) is 1. The summed E-state index contributed by atoms with van der Waals surface area (Å²) in [6.45, 7) is 4.61. The standard InChI is InChI=1S/C12H18N2O/c1-9-3-4-11(10-5-6-15-8-10)12(14-9)7-13-2/h3-4,10,13H,5-8H2,1-2H3. The average Bonchev–Trinajstić information content (AvgIpc) is 2.71. The molecule has 0 bridgehead atoms. The Hall–Kier alpha value is -0.930. The van der Waals surface area contributed by atoms with Gasteiger partial charge in [0.1, 0.15) is 0 Å². The van der Waals surface area contributed by atoms with Crippen molar-refractivity contribution in [1.82, 2.24) is 10.3 Å². The molecule has 1 fully saturated rings. The van der Waals surface area contributed by atoms with E-state index in [-0.39, 0.29) is 0 Å². The van der Waals surface area contributed by atoms with Gasteiger partial charge < -0.3 is 10.1 Å². The summed E-state index contributed by atoms with van der Waals surface area (Å²) >= 11 is 0. The number of pyridine rings is 1. The summed E-state index contributed by atoms with van der Waals surface area (Å²) in [6.07, 6.45) is 1.13. The molecular weight excluding hydrogens is 188 g/mol. The maximum atomic E-state index is 5.43. The number of aromatic nitrogens is 1. The molecule has 1 aliphatic rings. The van der Waals surface area contributed by atoms with Gasteiger partial charge in [0.15, 0.2) is 0 Å². The number of nitrogens with zero attached hydrogens (tertiary/aromatic N) is 1. The van der Waals surface area contributed by atoms with Gasteiger partial charge >= 0.3 is 0 Å². The summed E-state index contributed by atoms with van der Waals surface area (Å²) in [6, 6.07) is 4.29. The van der Waals surface area contributed by atoms with Crippen LogP contribution in [-0.4, -0.2) is 25.2 Å². The lowest BCUT2D eigenvalue weighted by molar-refractivity contribution is 0.193. The smallest absolute Gasteiger partial charge is 0.0580 e. The molecule has 0 radical (unpaired) electrons. The molecule has 2 heterocycles. The Kier molecular flexibility index (Phi) is 3.34. The predicted octanol–water partition coefficient (Wildman–Crippen LogP) is 1.61. The van der Waals surface area contributed by atoms with Crippen molar-refractivity contribution in [2.24, 2.45) is 0 Å². The first-order chi connectivity index (χ1) is 7.31. The van der Waals surface area contributed by atoms with E-state index >= 15 is 0 Å². The van der Waals surface area contributed by atoms with Crippen molar-refractivity contribution in [3.05, 3.63) is 29.1 Å². The number of rotatable bonds is 3. The van der Waals surface area contributed by atoms with Crippen LogP contribution in [0.15, 0.2) is 12.1 Å². The second kappa shape index (κ2) is 4.73. The van der Waals surface area contributed by atoms with Crippen LogP contribution in [0.4, 0.5) is 0 Å². The van der Waals surface area contributed by atoms with Crippen molar-refractivity contribution in [1.29, 1.82) is 0 Å². The normalized spacial score (nSPS) is 20.8. The minimum atomic E-state index is 0.543. The third-order valence-corrected chi connectivity index (χ3v) is 2.86. The Morgan fingerprint density at radius 3 is 3.07 bits per heavy atom. The molecule has 1 atom stereocenters. The molecule has 3 heteroatoms. The zero-order chi connectivity index (χ0) is 10.7. The molecule has 82 valence electrons. The zero-order valence-corrected chi connectivity index (χ0v) is 9.42. The Morgan fingerprint density at radius 2 is 2.40 bits per heavy atom. The maximum absolute atomic E-state index is 5.43. The van der Waals surface area contributed by atoms with E-state index in [0.29, 0.717) is 5.92 Å². The van der Waals surface area contributed by atoms with Crippen molar-refractivity contribution in [2.75, 3.05) is 20.3 Å². The molecule has 1 aromatic rings. The van der Waals surface area contributed by atoms with Gasteiger partial charge in [0, 0.05) is 24.8 Å². The van der Waals surface area contributed by atoms with Crippen LogP contribution in [0.5, 0.6) is 0 Å². The summed E-state index contributed by atoms with van der Waals surface area (Å²) in [5.74, 6) is 0.543. The van der Waals surface area contributed by atoms with E-state index in [1.165, 1.54) is 11.3 Å². The molecule has 3 nitrogen and oxygen atoms in total. The predicted molar refractivity (Wildman–Crippen MR) is 59.9 cm³/mol. The molecule has 1 aromatic heterocycles. The highest BCUT2D eigenvalue weighted by atomic mass is 16.5. The molecule has 0 saturated carbocycles. The minimum Gasteiger partial charge on any atom is -0.381 e. The first-order valence-electron chi connectivity index (χ1n) is 5.50. The third kappa shape index (κ3) is 2.36. The van der Waals surface area contributed by atoms with E-state index in [1.807, 2.05) is 14.0 Å². The van der Waals surface area contributed by atoms with Crippen LogP contribution in [0, 0.1) is 6.92 Å². The largest absolute Gasteiger partial charge is 0.381 e. The van der Waals surface area contributed by atoms with Crippen LogP contribution in [0.2, 0.25) is 0 Å². The minimum absolute atomic E-state index is 0.543. The number of hydrogen-bond donors (Lipinski definition) is 1. The van der Waals surface area contributed by atoms with E-state index in [9.17, 15) is 0 Å². The molecule has 1 saturated heterocycles. The Labute approximate surface area is 90.9 Å². The summed E-state index contributed by atoms with van der Waals surface area (Å²) in [7, 11) is 1.96. The monoisotopic (exact) mass is 206 g/mol. The molecule has 15 heavy (non-hydrogen) atoms. The van der Waals surface area contributed by atoms with Crippen molar-refractivity contribution in [3.8, 4) is 0 Å². The topological polar surface area (TPSA) is 34.2 Å². The Bertz CT molecular complexity index is 332. The lowest BCUT2D eigenvalue weighted by Crippen LogP contribution is -2.13. The van der Waals surface area contributed by atoms with Crippen molar-refractivity contribution in [2.45, 2.75) is 25.8 Å². The quantitative estimate of drug-likeness (QED) is 0.816. The molecule has 1 aliphatic heterocycles. The van der Waals surface area contributed by atoms with Gasteiger partial charge in [-0.15, -0.1) is 0 Å². The lowest BCUT2D eigenvalue weighted by Gasteiger charge is -2.13. The van der Waals surface area contributed by atoms with Gasteiger partial charge in [0.05, 0.1) is 12.3 Å². The van der Waals surface area contributed by atoms with Crippen LogP contribution < -0.4 is 5.32 Å². The molecule has 1 N–H and O–H groups in total. The van der Waals surface area contributed by atoms with Crippen molar-refractivity contribution < 1.29 is 4.74 Å². The van der Waals surface area contributed by atoms with E-state index in [2.05, 4.69) is 22.4 Å². The van der Waals surface area contributed by atoms with Crippen LogP contribution in [-0.2, 0) is 11.3 Å². The van der Waals surface area contributed by atoms with Gasteiger partial charge in [-0.05, 0) is 32.0 Å². The summed E-state index contributed by atoms with van der Waals surface area (Å²) in [4.78, 5) is 4.59. The lowest BCUT2D eigenvalue weighted by atomic mass is 9.96. The van der Waals surface area contributed by atoms with Gasteiger partial charge in [-0.3, -0.25) is 4.98 Å².